The van der Waals surface area contributed by atoms with Crippen molar-refractivity contribution in [3.8, 4) is 11.4 Å². The Morgan fingerprint density at radius 2 is 1.92 bits per heavy atom. The average molecular weight is 503 g/mol. The maximum Gasteiger partial charge on any atom is 0.251 e. The van der Waals surface area contributed by atoms with Crippen LogP contribution in [0.4, 0.5) is 17.5 Å². The summed E-state index contributed by atoms with van der Waals surface area (Å²) in [6.07, 6.45) is 13.7. The fourth-order valence-electron chi connectivity index (χ4n) is 6.10. The molecule has 10 heteroatoms. The first-order valence-corrected chi connectivity index (χ1v) is 13.5. The van der Waals surface area contributed by atoms with E-state index in [9.17, 15) is 4.79 Å². The number of nitrogens with zero attached hydrogens (tertiary/aromatic N) is 6. The van der Waals surface area contributed by atoms with Crippen LogP contribution in [0.3, 0.4) is 0 Å². The zero-order valence-electron chi connectivity index (χ0n) is 21.5. The second kappa shape index (κ2) is 9.99. The summed E-state index contributed by atoms with van der Waals surface area (Å²) in [6, 6.07) is 6.24. The van der Waals surface area contributed by atoms with Gasteiger partial charge in [-0.3, -0.25) is 9.36 Å². The van der Waals surface area contributed by atoms with Crippen molar-refractivity contribution in [3.05, 3.63) is 42.1 Å². The molecule has 2 N–H and O–H groups in total. The SMILES string of the molecule is CC[C@@H]1c2nncn2-c2cnc(Nc3ccc(C(=O)NC4CCCC4)cc3OC)nc2N1C1CCCC1. The van der Waals surface area contributed by atoms with Gasteiger partial charge in [-0.2, -0.15) is 4.98 Å². The molecule has 2 fully saturated rings. The van der Waals surface area contributed by atoms with Crippen LogP contribution < -0.4 is 20.3 Å². The normalized spacial score (nSPS) is 19.5. The molecule has 0 saturated heterocycles. The van der Waals surface area contributed by atoms with Crippen molar-refractivity contribution in [1.29, 1.82) is 0 Å². The summed E-state index contributed by atoms with van der Waals surface area (Å²) in [5, 5.41) is 15.1. The first-order valence-electron chi connectivity index (χ1n) is 13.5. The molecular weight excluding hydrogens is 468 g/mol. The largest absolute Gasteiger partial charge is 0.495 e. The second-order valence-electron chi connectivity index (χ2n) is 10.2. The van der Waals surface area contributed by atoms with E-state index >= 15 is 0 Å². The third-order valence-corrected chi connectivity index (χ3v) is 7.97. The minimum absolute atomic E-state index is 0.0654. The number of rotatable bonds is 7. The molecule has 194 valence electrons. The molecular formula is C27H34N8O2. The lowest BCUT2D eigenvalue weighted by molar-refractivity contribution is 0.0937. The van der Waals surface area contributed by atoms with Gasteiger partial charge in [0.25, 0.3) is 5.91 Å². The third-order valence-electron chi connectivity index (χ3n) is 7.97. The van der Waals surface area contributed by atoms with Gasteiger partial charge in [0.1, 0.15) is 17.8 Å². The van der Waals surface area contributed by atoms with Crippen molar-refractivity contribution >= 4 is 23.4 Å². The van der Waals surface area contributed by atoms with Crippen LogP contribution in [0.25, 0.3) is 5.69 Å². The Balaban J connectivity index is 1.30. The fourth-order valence-corrected chi connectivity index (χ4v) is 6.10. The highest BCUT2D eigenvalue weighted by Gasteiger charge is 2.38. The molecule has 2 aliphatic carbocycles. The molecule has 3 aromatic rings. The first kappa shape index (κ1) is 23.7. The zero-order valence-corrected chi connectivity index (χ0v) is 21.5. The van der Waals surface area contributed by atoms with Crippen LogP contribution in [-0.4, -0.2) is 49.8 Å². The number of methoxy groups -OCH3 is 1. The zero-order chi connectivity index (χ0) is 25.4. The lowest BCUT2D eigenvalue weighted by atomic mass is 10.0. The van der Waals surface area contributed by atoms with E-state index in [0.717, 1.165) is 49.4 Å². The van der Waals surface area contributed by atoms with Gasteiger partial charge in [-0.05, 0) is 50.3 Å². The summed E-state index contributed by atoms with van der Waals surface area (Å²) in [5.41, 5.74) is 2.19. The van der Waals surface area contributed by atoms with Gasteiger partial charge in [-0.1, -0.05) is 32.6 Å². The number of nitrogens with one attached hydrogen (secondary N) is 2. The van der Waals surface area contributed by atoms with Crippen molar-refractivity contribution in [2.45, 2.75) is 82.8 Å². The number of fused-ring (bicyclic) bond motifs is 3. The number of benzene rings is 1. The number of anilines is 3. The van der Waals surface area contributed by atoms with E-state index in [-0.39, 0.29) is 18.0 Å². The molecule has 1 amide bonds. The van der Waals surface area contributed by atoms with Crippen LogP contribution >= 0.6 is 0 Å². The Morgan fingerprint density at radius 1 is 1.14 bits per heavy atom. The van der Waals surface area contributed by atoms with E-state index in [0.29, 0.717) is 29.0 Å². The molecule has 0 unspecified atom stereocenters. The number of aromatic nitrogens is 5. The summed E-state index contributed by atoms with van der Waals surface area (Å²) in [6.45, 7) is 2.19. The van der Waals surface area contributed by atoms with E-state index in [1.54, 1.807) is 19.5 Å². The topological polar surface area (TPSA) is 110 Å². The van der Waals surface area contributed by atoms with E-state index in [2.05, 4.69) is 37.6 Å². The standard InChI is InChI=1S/C27H34N8O2/c1-3-21-25-33-29-16-34(25)22-15-28-27(32-24(22)35(21)19-10-6-7-11-19)31-20-13-12-17(14-23(20)37-2)26(36)30-18-8-4-5-9-18/h12-16,18-19,21H,3-11H2,1-2H3,(H,30,36)(H,28,31,32)/t21-/m1/s1. The molecule has 0 bridgehead atoms. The summed E-state index contributed by atoms with van der Waals surface area (Å²) in [4.78, 5) is 24.8. The Kier molecular flexibility index (Phi) is 6.40. The van der Waals surface area contributed by atoms with Crippen LogP contribution in [0.2, 0.25) is 0 Å². The predicted octanol–water partition coefficient (Wildman–Crippen LogP) is 4.70. The molecule has 2 aromatic heterocycles. The number of hydrogen-bond acceptors (Lipinski definition) is 8. The quantitative estimate of drug-likeness (QED) is 0.479. The van der Waals surface area contributed by atoms with Crippen molar-refractivity contribution in [3.63, 3.8) is 0 Å². The average Bonchev–Trinajstić information content (AvgIpc) is 3.71. The molecule has 3 heterocycles. The molecule has 2 saturated carbocycles. The van der Waals surface area contributed by atoms with Gasteiger partial charge in [-0.15, -0.1) is 10.2 Å². The minimum Gasteiger partial charge on any atom is -0.495 e. The Morgan fingerprint density at radius 3 is 2.68 bits per heavy atom. The molecule has 0 spiro atoms. The molecule has 6 rings (SSSR count). The summed E-state index contributed by atoms with van der Waals surface area (Å²) in [5.74, 6) is 2.83. The van der Waals surface area contributed by atoms with Crippen molar-refractivity contribution in [2.75, 3.05) is 17.3 Å². The molecule has 37 heavy (non-hydrogen) atoms. The van der Waals surface area contributed by atoms with Crippen molar-refractivity contribution in [1.82, 2.24) is 30.0 Å². The highest BCUT2D eigenvalue weighted by molar-refractivity contribution is 5.95. The Labute approximate surface area is 216 Å². The summed E-state index contributed by atoms with van der Waals surface area (Å²) >= 11 is 0. The van der Waals surface area contributed by atoms with E-state index < -0.39 is 0 Å². The molecule has 1 aliphatic heterocycles. The number of carbonyl (C=O) groups excluding carboxylic acids is 1. The Bertz CT molecular complexity index is 1280. The second-order valence-corrected chi connectivity index (χ2v) is 10.2. The van der Waals surface area contributed by atoms with E-state index in [1.807, 2.05) is 22.9 Å². The molecule has 1 atom stereocenters. The third kappa shape index (κ3) is 4.38. The lowest BCUT2D eigenvalue weighted by Gasteiger charge is -2.40. The Hall–Kier alpha value is -3.69. The van der Waals surface area contributed by atoms with Gasteiger partial charge in [-0.25, -0.2) is 4.98 Å². The number of ether oxygens (including phenoxy) is 1. The van der Waals surface area contributed by atoms with E-state index in [1.165, 1.54) is 25.7 Å². The maximum atomic E-state index is 12.8. The summed E-state index contributed by atoms with van der Waals surface area (Å²) < 4.78 is 7.65. The van der Waals surface area contributed by atoms with Gasteiger partial charge in [0.15, 0.2) is 11.6 Å². The first-order chi connectivity index (χ1) is 18.2. The maximum absolute atomic E-state index is 12.8. The van der Waals surface area contributed by atoms with Gasteiger partial charge in [0.05, 0.1) is 25.0 Å². The van der Waals surface area contributed by atoms with Crippen LogP contribution in [0.1, 0.15) is 86.9 Å². The predicted molar refractivity (Wildman–Crippen MR) is 141 cm³/mol. The lowest BCUT2D eigenvalue weighted by Crippen LogP contribution is -2.42. The highest BCUT2D eigenvalue weighted by Crippen LogP contribution is 2.43. The number of carbonyl (C=O) groups is 1. The highest BCUT2D eigenvalue weighted by atomic mass is 16.5. The van der Waals surface area contributed by atoms with E-state index in [4.69, 9.17) is 9.72 Å². The van der Waals surface area contributed by atoms with Crippen molar-refractivity contribution in [2.24, 2.45) is 0 Å². The van der Waals surface area contributed by atoms with Gasteiger partial charge >= 0.3 is 0 Å². The molecule has 0 radical (unpaired) electrons. The van der Waals surface area contributed by atoms with Crippen molar-refractivity contribution < 1.29 is 9.53 Å². The molecule has 1 aromatic carbocycles. The van der Waals surface area contributed by atoms with Crippen LogP contribution in [0.15, 0.2) is 30.7 Å². The van der Waals surface area contributed by atoms with Crippen LogP contribution in [-0.2, 0) is 0 Å². The van der Waals surface area contributed by atoms with Gasteiger partial charge in [0, 0.05) is 17.6 Å². The summed E-state index contributed by atoms with van der Waals surface area (Å²) in [7, 11) is 1.61. The van der Waals surface area contributed by atoms with Crippen LogP contribution in [0.5, 0.6) is 5.75 Å². The number of amides is 1. The van der Waals surface area contributed by atoms with Gasteiger partial charge in [0.2, 0.25) is 5.95 Å². The fraction of sp³-hybridized carbons (Fsp3) is 0.519. The smallest absolute Gasteiger partial charge is 0.251 e. The molecule has 3 aliphatic rings. The van der Waals surface area contributed by atoms with Crippen LogP contribution in [0, 0.1) is 0 Å². The molecule has 10 nitrogen and oxygen atoms in total. The number of hydrogen-bond donors (Lipinski definition) is 2. The minimum atomic E-state index is -0.0654. The van der Waals surface area contributed by atoms with Gasteiger partial charge < -0.3 is 20.3 Å². The monoisotopic (exact) mass is 502 g/mol.